The Morgan fingerprint density at radius 2 is 1.94 bits per heavy atom. The number of aromatic nitrogens is 3. The number of fused-ring (bicyclic) bond motifs is 1. The number of hydrogen-bond acceptors (Lipinski definition) is 4. The van der Waals surface area contributed by atoms with Gasteiger partial charge < -0.3 is 19.8 Å². The van der Waals surface area contributed by atoms with Gasteiger partial charge in [-0.25, -0.2) is 4.98 Å². The number of anilines is 1. The summed E-state index contributed by atoms with van der Waals surface area (Å²) < 4.78 is 3.36. The molecule has 31 heavy (non-hydrogen) atoms. The summed E-state index contributed by atoms with van der Waals surface area (Å²) in [7, 11) is 0. The van der Waals surface area contributed by atoms with E-state index in [1.54, 1.807) is 0 Å². The number of rotatable bonds is 6. The first-order chi connectivity index (χ1) is 14.9. The van der Waals surface area contributed by atoms with Gasteiger partial charge in [-0.1, -0.05) is 12.8 Å². The summed E-state index contributed by atoms with van der Waals surface area (Å²) in [6.07, 6.45) is 5.65. The molecule has 8 nitrogen and oxygen atoms in total. The van der Waals surface area contributed by atoms with Gasteiger partial charge in [-0.3, -0.25) is 14.4 Å². The maximum atomic E-state index is 12.6. The quantitative estimate of drug-likeness (QED) is 0.639. The average Bonchev–Trinajstić information content (AvgIpc) is 3.35. The molecule has 8 heteroatoms. The molecule has 0 bridgehead atoms. The SMILES string of the molecule is CCn1c(C)nc2cc(NC(=O)Cn3cc(C(=O)NC4CCCC4)ccc3=O)ccc21. The van der Waals surface area contributed by atoms with Crippen LogP contribution >= 0.6 is 0 Å². The van der Waals surface area contributed by atoms with Crippen molar-refractivity contribution in [1.82, 2.24) is 19.4 Å². The highest BCUT2D eigenvalue weighted by Gasteiger charge is 2.18. The number of benzene rings is 1. The predicted octanol–water partition coefficient (Wildman–Crippen LogP) is 2.84. The minimum atomic E-state index is -0.346. The molecule has 2 N–H and O–H groups in total. The van der Waals surface area contributed by atoms with E-state index < -0.39 is 0 Å². The highest BCUT2D eigenvalue weighted by Crippen LogP contribution is 2.20. The van der Waals surface area contributed by atoms with Gasteiger partial charge in [0.1, 0.15) is 12.4 Å². The second kappa shape index (κ2) is 8.75. The van der Waals surface area contributed by atoms with E-state index in [4.69, 9.17) is 0 Å². The molecule has 2 amide bonds. The molecule has 0 radical (unpaired) electrons. The summed E-state index contributed by atoms with van der Waals surface area (Å²) in [5.41, 5.74) is 2.47. The Hall–Kier alpha value is -3.42. The number of imidazole rings is 1. The van der Waals surface area contributed by atoms with E-state index in [0.717, 1.165) is 49.1 Å². The van der Waals surface area contributed by atoms with Crippen LogP contribution in [0.5, 0.6) is 0 Å². The second-order valence-electron chi connectivity index (χ2n) is 7.99. The van der Waals surface area contributed by atoms with E-state index in [1.165, 1.54) is 22.9 Å². The minimum absolute atomic E-state index is 0.177. The van der Waals surface area contributed by atoms with Crippen molar-refractivity contribution >= 4 is 28.5 Å². The van der Waals surface area contributed by atoms with Crippen LogP contribution in [0.15, 0.2) is 41.3 Å². The molecule has 3 aromatic rings. The Labute approximate surface area is 180 Å². The van der Waals surface area contributed by atoms with Gasteiger partial charge in [0.15, 0.2) is 0 Å². The number of amides is 2. The number of carbonyl (C=O) groups excluding carboxylic acids is 2. The Kier molecular flexibility index (Phi) is 5.88. The fourth-order valence-corrected chi connectivity index (χ4v) is 4.21. The molecule has 0 atom stereocenters. The predicted molar refractivity (Wildman–Crippen MR) is 119 cm³/mol. The van der Waals surface area contributed by atoms with Gasteiger partial charge in [-0.05, 0) is 51.0 Å². The largest absolute Gasteiger partial charge is 0.349 e. The van der Waals surface area contributed by atoms with Crippen molar-refractivity contribution < 1.29 is 9.59 Å². The van der Waals surface area contributed by atoms with Crippen LogP contribution in [0.25, 0.3) is 11.0 Å². The van der Waals surface area contributed by atoms with Gasteiger partial charge in [-0.15, -0.1) is 0 Å². The van der Waals surface area contributed by atoms with Gasteiger partial charge >= 0.3 is 0 Å². The lowest BCUT2D eigenvalue weighted by Gasteiger charge is -2.13. The number of nitrogens with zero attached hydrogens (tertiary/aromatic N) is 3. The van der Waals surface area contributed by atoms with Crippen molar-refractivity contribution in [3.05, 3.63) is 58.3 Å². The minimum Gasteiger partial charge on any atom is -0.349 e. The van der Waals surface area contributed by atoms with E-state index in [0.29, 0.717) is 11.3 Å². The van der Waals surface area contributed by atoms with Gasteiger partial charge in [0.05, 0.1) is 16.6 Å². The molecule has 0 spiro atoms. The van der Waals surface area contributed by atoms with Crippen LogP contribution in [0.3, 0.4) is 0 Å². The average molecular weight is 422 g/mol. The van der Waals surface area contributed by atoms with Crippen LogP contribution in [0.4, 0.5) is 5.69 Å². The van der Waals surface area contributed by atoms with Crippen molar-refractivity contribution in [1.29, 1.82) is 0 Å². The van der Waals surface area contributed by atoms with E-state index in [9.17, 15) is 14.4 Å². The van der Waals surface area contributed by atoms with E-state index in [-0.39, 0.29) is 30.0 Å². The summed E-state index contributed by atoms with van der Waals surface area (Å²) in [6.45, 7) is 4.65. The van der Waals surface area contributed by atoms with Crippen molar-refractivity contribution in [3.8, 4) is 0 Å². The van der Waals surface area contributed by atoms with Crippen molar-refractivity contribution in [2.45, 2.75) is 58.7 Å². The van der Waals surface area contributed by atoms with E-state index in [2.05, 4.69) is 27.1 Å². The summed E-state index contributed by atoms with van der Waals surface area (Å²) in [6, 6.07) is 8.58. The Morgan fingerprint density at radius 3 is 2.68 bits per heavy atom. The number of nitrogens with one attached hydrogen (secondary N) is 2. The second-order valence-corrected chi connectivity index (χ2v) is 7.99. The number of carbonyl (C=O) groups is 2. The molecule has 2 heterocycles. The van der Waals surface area contributed by atoms with E-state index >= 15 is 0 Å². The van der Waals surface area contributed by atoms with Crippen LogP contribution < -0.4 is 16.2 Å². The molecule has 162 valence electrons. The fourth-order valence-electron chi connectivity index (χ4n) is 4.21. The first-order valence-corrected chi connectivity index (χ1v) is 10.7. The zero-order valence-corrected chi connectivity index (χ0v) is 17.9. The van der Waals surface area contributed by atoms with Crippen LogP contribution in [-0.2, 0) is 17.9 Å². The first kappa shape index (κ1) is 20.8. The molecule has 1 fully saturated rings. The molecular weight excluding hydrogens is 394 g/mol. The molecule has 0 saturated heterocycles. The van der Waals surface area contributed by atoms with Gasteiger partial charge in [0.2, 0.25) is 5.91 Å². The standard InChI is InChI=1S/C23H27N5O3/c1-3-28-15(2)24-19-12-18(9-10-20(19)28)25-21(29)14-27-13-16(8-11-22(27)30)23(31)26-17-6-4-5-7-17/h8-13,17H,3-7,14H2,1-2H3,(H,25,29)(H,26,31). The van der Waals surface area contributed by atoms with Crippen LogP contribution in [0.1, 0.15) is 48.8 Å². The monoisotopic (exact) mass is 421 g/mol. The molecule has 0 unspecified atom stereocenters. The highest BCUT2D eigenvalue weighted by molar-refractivity contribution is 5.95. The molecule has 2 aromatic heterocycles. The third-order valence-corrected chi connectivity index (χ3v) is 5.79. The van der Waals surface area contributed by atoms with Crippen molar-refractivity contribution in [2.24, 2.45) is 0 Å². The first-order valence-electron chi connectivity index (χ1n) is 10.7. The molecule has 4 rings (SSSR count). The summed E-state index contributed by atoms with van der Waals surface area (Å²) in [5, 5.41) is 5.81. The number of aryl methyl sites for hydroxylation is 2. The van der Waals surface area contributed by atoms with Gasteiger partial charge in [-0.2, -0.15) is 0 Å². The highest BCUT2D eigenvalue weighted by atomic mass is 16.2. The maximum absolute atomic E-state index is 12.6. The molecule has 1 aromatic carbocycles. The van der Waals surface area contributed by atoms with Crippen molar-refractivity contribution in [2.75, 3.05) is 5.32 Å². The van der Waals surface area contributed by atoms with Crippen LogP contribution in [0, 0.1) is 6.92 Å². The summed E-state index contributed by atoms with van der Waals surface area (Å²) in [5.74, 6) is 0.357. The topological polar surface area (TPSA) is 98.0 Å². The van der Waals surface area contributed by atoms with Crippen molar-refractivity contribution in [3.63, 3.8) is 0 Å². The summed E-state index contributed by atoms with van der Waals surface area (Å²) >= 11 is 0. The Balaban J connectivity index is 1.46. The third-order valence-electron chi connectivity index (χ3n) is 5.79. The van der Waals surface area contributed by atoms with Gasteiger partial charge in [0.25, 0.3) is 11.5 Å². The lowest BCUT2D eigenvalue weighted by molar-refractivity contribution is -0.116. The lowest BCUT2D eigenvalue weighted by Crippen LogP contribution is -2.34. The Bertz CT molecular complexity index is 1190. The number of pyridine rings is 1. The third kappa shape index (κ3) is 4.52. The Morgan fingerprint density at radius 1 is 1.16 bits per heavy atom. The van der Waals surface area contributed by atoms with Gasteiger partial charge in [0, 0.05) is 30.5 Å². The normalized spacial score (nSPS) is 14.1. The van der Waals surface area contributed by atoms with Crippen LogP contribution in [0.2, 0.25) is 0 Å². The zero-order chi connectivity index (χ0) is 22.0. The molecular formula is C23H27N5O3. The molecule has 1 aliphatic carbocycles. The summed E-state index contributed by atoms with van der Waals surface area (Å²) in [4.78, 5) is 41.8. The van der Waals surface area contributed by atoms with E-state index in [1.807, 2.05) is 25.1 Å². The smallest absolute Gasteiger partial charge is 0.252 e. The number of hydrogen-bond donors (Lipinski definition) is 2. The molecule has 0 aliphatic heterocycles. The molecule has 1 aliphatic rings. The molecule has 1 saturated carbocycles. The van der Waals surface area contributed by atoms with Crippen LogP contribution in [-0.4, -0.2) is 32.0 Å². The lowest BCUT2D eigenvalue weighted by atomic mass is 10.2. The maximum Gasteiger partial charge on any atom is 0.252 e. The fraction of sp³-hybridized carbons (Fsp3) is 0.391. The zero-order valence-electron chi connectivity index (χ0n) is 17.9.